The second-order valence-corrected chi connectivity index (χ2v) is 6.27. The van der Waals surface area contributed by atoms with Crippen LogP contribution in [0.2, 0.25) is 0 Å². The number of benzene rings is 1. The summed E-state index contributed by atoms with van der Waals surface area (Å²) in [7, 11) is 2.03. The first kappa shape index (κ1) is 16.7. The van der Waals surface area contributed by atoms with Crippen LogP contribution in [0.3, 0.4) is 0 Å². The first-order chi connectivity index (χ1) is 9.78. The van der Waals surface area contributed by atoms with Crippen molar-refractivity contribution in [2.75, 3.05) is 26.7 Å². The maximum atomic E-state index is 13.5. The van der Waals surface area contributed by atoms with Gasteiger partial charge in [0.05, 0.1) is 0 Å². The molecule has 1 saturated heterocycles. The van der Waals surface area contributed by atoms with E-state index >= 15 is 0 Å². The molecule has 0 bridgehead atoms. The van der Waals surface area contributed by atoms with Gasteiger partial charge in [0.1, 0.15) is 5.82 Å². The molecule has 1 aromatic carbocycles. The van der Waals surface area contributed by atoms with Crippen LogP contribution in [0, 0.1) is 11.7 Å². The normalized spacial score (nSPS) is 22.9. The van der Waals surface area contributed by atoms with E-state index < -0.39 is 0 Å². The van der Waals surface area contributed by atoms with Crippen molar-refractivity contribution in [1.29, 1.82) is 0 Å². The lowest BCUT2D eigenvalue weighted by Gasteiger charge is -2.36. The SMILES string of the molecule is CNCCC1CCN(C2CCc3ccc(F)cc32)CC1.Cl. The van der Waals surface area contributed by atoms with Crippen LogP contribution in [-0.4, -0.2) is 31.6 Å². The summed E-state index contributed by atoms with van der Waals surface area (Å²) in [6.07, 6.45) is 6.16. The first-order valence-electron chi connectivity index (χ1n) is 7.95. The molecule has 1 aliphatic heterocycles. The van der Waals surface area contributed by atoms with Crippen molar-refractivity contribution in [3.63, 3.8) is 0 Å². The zero-order valence-electron chi connectivity index (χ0n) is 12.8. The van der Waals surface area contributed by atoms with E-state index in [4.69, 9.17) is 0 Å². The van der Waals surface area contributed by atoms with Crippen molar-refractivity contribution >= 4 is 12.4 Å². The minimum Gasteiger partial charge on any atom is -0.320 e. The van der Waals surface area contributed by atoms with Crippen molar-refractivity contribution in [2.24, 2.45) is 5.92 Å². The van der Waals surface area contributed by atoms with E-state index in [0.29, 0.717) is 6.04 Å². The summed E-state index contributed by atoms with van der Waals surface area (Å²) < 4.78 is 13.5. The van der Waals surface area contributed by atoms with Crippen molar-refractivity contribution < 1.29 is 4.39 Å². The Morgan fingerprint density at radius 1 is 1.24 bits per heavy atom. The quantitative estimate of drug-likeness (QED) is 0.914. The van der Waals surface area contributed by atoms with Crippen LogP contribution < -0.4 is 5.32 Å². The van der Waals surface area contributed by atoms with Crippen LogP contribution in [0.15, 0.2) is 18.2 Å². The van der Waals surface area contributed by atoms with E-state index in [1.807, 2.05) is 13.1 Å². The van der Waals surface area contributed by atoms with Crippen LogP contribution >= 0.6 is 12.4 Å². The number of halogens is 2. The molecule has 1 unspecified atom stereocenters. The number of likely N-dealkylation sites (tertiary alicyclic amines) is 1. The average Bonchev–Trinajstić information content (AvgIpc) is 2.88. The molecule has 4 heteroatoms. The summed E-state index contributed by atoms with van der Waals surface area (Å²) in [5.41, 5.74) is 2.60. The summed E-state index contributed by atoms with van der Waals surface area (Å²) in [6, 6.07) is 5.81. The largest absolute Gasteiger partial charge is 0.320 e. The van der Waals surface area contributed by atoms with Crippen LogP contribution in [0.25, 0.3) is 0 Å². The number of aryl methyl sites for hydroxylation is 1. The van der Waals surface area contributed by atoms with Gasteiger partial charge in [-0.3, -0.25) is 4.90 Å². The number of piperidine rings is 1. The molecule has 1 fully saturated rings. The Morgan fingerprint density at radius 3 is 2.71 bits per heavy atom. The van der Waals surface area contributed by atoms with E-state index in [-0.39, 0.29) is 18.2 Å². The van der Waals surface area contributed by atoms with Crippen molar-refractivity contribution in [1.82, 2.24) is 10.2 Å². The summed E-state index contributed by atoms with van der Waals surface area (Å²) in [5.74, 6) is 0.784. The third-order valence-corrected chi connectivity index (χ3v) is 5.05. The predicted molar refractivity (Wildman–Crippen MR) is 87.6 cm³/mol. The number of hydrogen-bond acceptors (Lipinski definition) is 2. The van der Waals surface area contributed by atoms with Crippen LogP contribution in [-0.2, 0) is 6.42 Å². The molecule has 0 aromatic heterocycles. The molecule has 1 heterocycles. The molecule has 1 atom stereocenters. The van der Waals surface area contributed by atoms with Gasteiger partial charge in [0, 0.05) is 6.04 Å². The Hall–Kier alpha value is -0.640. The predicted octanol–water partition coefficient (Wildman–Crippen LogP) is 3.56. The summed E-state index contributed by atoms with van der Waals surface area (Å²) in [6.45, 7) is 3.48. The Morgan fingerprint density at radius 2 is 2.00 bits per heavy atom. The zero-order valence-corrected chi connectivity index (χ0v) is 13.6. The van der Waals surface area contributed by atoms with Gasteiger partial charge in [-0.1, -0.05) is 6.07 Å². The molecule has 1 N–H and O–H groups in total. The molecule has 1 aliphatic carbocycles. The van der Waals surface area contributed by atoms with E-state index in [1.165, 1.54) is 49.9 Å². The lowest BCUT2D eigenvalue weighted by atomic mass is 9.92. The lowest BCUT2D eigenvalue weighted by Crippen LogP contribution is -2.36. The Balaban J connectivity index is 0.00000161. The van der Waals surface area contributed by atoms with Crippen LogP contribution in [0.5, 0.6) is 0 Å². The standard InChI is InChI=1S/C17H25FN2.ClH/c1-19-9-6-13-7-10-20(11-8-13)17-5-3-14-2-4-15(18)12-16(14)17;/h2,4,12-13,17,19H,3,5-11H2,1H3;1H. The lowest BCUT2D eigenvalue weighted by molar-refractivity contribution is 0.129. The zero-order chi connectivity index (χ0) is 13.9. The molecular formula is C17H26ClFN2. The van der Waals surface area contributed by atoms with Gasteiger partial charge in [-0.15, -0.1) is 12.4 Å². The molecule has 0 amide bonds. The first-order valence-corrected chi connectivity index (χ1v) is 7.95. The highest BCUT2D eigenvalue weighted by atomic mass is 35.5. The van der Waals surface area contributed by atoms with Gasteiger partial charge in [0.15, 0.2) is 0 Å². The number of fused-ring (bicyclic) bond motifs is 1. The van der Waals surface area contributed by atoms with E-state index in [0.717, 1.165) is 18.9 Å². The molecule has 2 aliphatic rings. The number of nitrogens with zero attached hydrogens (tertiary/aromatic N) is 1. The third-order valence-electron chi connectivity index (χ3n) is 5.05. The van der Waals surface area contributed by atoms with Gasteiger partial charge in [0.25, 0.3) is 0 Å². The molecule has 21 heavy (non-hydrogen) atoms. The summed E-state index contributed by atoms with van der Waals surface area (Å²) in [4.78, 5) is 2.58. The van der Waals surface area contributed by atoms with Gasteiger partial charge < -0.3 is 5.32 Å². The fraction of sp³-hybridized carbons (Fsp3) is 0.647. The molecule has 2 nitrogen and oxygen atoms in total. The molecule has 0 radical (unpaired) electrons. The molecule has 0 saturated carbocycles. The highest BCUT2D eigenvalue weighted by Crippen LogP contribution is 2.38. The van der Waals surface area contributed by atoms with Gasteiger partial charge >= 0.3 is 0 Å². The number of hydrogen-bond donors (Lipinski definition) is 1. The fourth-order valence-electron chi connectivity index (χ4n) is 3.83. The van der Waals surface area contributed by atoms with Gasteiger partial charge in [-0.25, -0.2) is 4.39 Å². The third kappa shape index (κ3) is 3.77. The van der Waals surface area contributed by atoms with Crippen molar-refractivity contribution in [2.45, 2.75) is 38.1 Å². The number of nitrogens with one attached hydrogen (secondary N) is 1. The number of rotatable bonds is 4. The molecule has 0 spiro atoms. The van der Waals surface area contributed by atoms with Gasteiger partial charge in [0.2, 0.25) is 0 Å². The maximum absolute atomic E-state index is 13.5. The highest BCUT2D eigenvalue weighted by molar-refractivity contribution is 5.85. The second-order valence-electron chi connectivity index (χ2n) is 6.27. The Kier molecular flexibility index (Phi) is 6.03. The molecule has 118 valence electrons. The monoisotopic (exact) mass is 312 g/mol. The smallest absolute Gasteiger partial charge is 0.123 e. The Bertz CT molecular complexity index is 458. The van der Waals surface area contributed by atoms with E-state index in [1.54, 1.807) is 12.1 Å². The minimum atomic E-state index is -0.0837. The van der Waals surface area contributed by atoms with Gasteiger partial charge in [-0.2, -0.15) is 0 Å². The molecule has 1 aromatic rings. The minimum absolute atomic E-state index is 0. The Labute approximate surface area is 133 Å². The van der Waals surface area contributed by atoms with Crippen molar-refractivity contribution in [3.05, 3.63) is 35.1 Å². The summed E-state index contributed by atoms with van der Waals surface area (Å²) in [5, 5.41) is 3.25. The van der Waals surface area contributed by atoms with Crippen molar-refractivity contribution in [3.8, 4) is 0 Å². The van der Waals surface area contributed by atoms with Crippen LogP contribution in [0.4, 0.5) is 4.39 Å². The maximum Gasteiger partial charge on any atom is 0.123 e. The highest BCUT2D eigenvalue weighted by Gasteiger charge is 2.30. The summed E-state index contributed by atoms with van der Waals surface area (Å²) >= 11 is 0. The van der Waals surface area contributed by atoms with E-state index in [9.17, 15) is 4.39 Å². The second kappa shape index (κ2) is 7.57. The van der Waals surface area contributed by atoms with Crippen LogP contribution in [0.1, 0.15) is 42.9 Å². The fourth-order valence-corrected chi connectivity index (χ4v) is 3.83. The van der Waals surface area contributed by atoms with E-state index in [2.05, 4.69) is 10.2 Å². The average molecular weight is 313 g/mol. The topological polar surface area (TPSA) is 15.3 Å². The molecular weight excluding hydrogens is 287 g/mol. The van der Waals surface area contributed by atoms with Gasteiger partial charge in [-0.05, 0) is 88.0 Å². The molecule has 3 rings (SSSR count).